The zero-order valence-electron chi connectivity index (χ0n) is 21.8. The number of ether oxygens (including phenoxy) is 2. The lowest BCUT2D eigenvalue weighted by Gasteiger charge is -2.29. The highest BCUT2D eigenvalue weighted by Crippen LogP contribution is 2.23. The molecule has 7 heteroatoms. The van der Waals surface area contributed by atoms with E-state index in [-0.39, 0.29) is 0 Å². The largest absolute Gasteiger partial charge is 0.476 e. The van der Waals surface area contributed by atoms with Crippen LogP contribution in [0.25, 0.3) is 0 Å². The molecule has 2 aromatic carbocycles. The summed E-state index contributed by atoms with van der Waals surface area (Å²) in [6.07, 6.45) is 2.44. The van der Waals surface area contributed by atoms with Crippen LogP contribution in [0.2, 0.25) is 0 Å². The van der Waals surface area contributed by atoms with Crippen LogP contribution in [0.1, 0.15) is 69.2 Å². The first kappa shape index (κ1) is 26.7. The van der Waals surface area contributed by atoms with Crippen molar-refractivity contribution in [1.29, 1.82) is 0 Å². The van der Waals surface area contributed by atoms with Gasteiger partial charge in [0, 0.05) is 6.42 Å². The first-order chi connectivity index (χ1) is 16.3. The monoisotopic (exact) mass is 496 g/mol. The van der Waals surface area contributed by atoms with Crippen LogP contribution in [0.4, 0.5) is 0 Å². The maximum atomic E-state index is 12.4. The van der Waals surface area contributed by atoms with E-state index in [4.69, 9.17) is 26.1 Å². The van der Waals surface area contributed by atoms with Crippen molar-refractivity contribution < 1.29 is 18.7 Å². The van der Waals surface area contributed by atoms with E-state index in [0.29, 0.717) is 29.4 Å². The van der Waals surface area contributed by atoms with Gasteiger partial charge in [-0.05, 0) is 108 Å². The normalized spacial score (nSPS) is 12.0. The molecule has 0 bridgehead atoms. The molecule has 0 spiro atoms. The molecule has 0 atom stereocenters. The highest BCUT2D eigenvalue weighted by Gasteiger charge is 2.34. The fourth-order valence-electron chi connectivity index (χ4n) is 3.53. The van der Waals surface area contributed by atoms with E-state index in [1.807, 2.05) is 45.0 Å². The van der Waals surface area contributed by atoms with Gasteiger partial charge in [0.15, 0.2) is 5.60 Å². The molecule has 188 valence electrons. The lowest BCUT2D eigenvalue weighted by atomic mass is 10.1. The number of nitrogens with zero attached hydrogens (tertiary/aromatic N) is 2. The molecular formula is C28H36N2O4S. The van der Waals surface area contributed by atoms with Gasteiger partial charge in [-0.2, -0.15) is 0 Å². The van der Waals surface area contributed by atoms with Gasteiger partial charge in [-0.3, -0.25) is 0 Å². The Morgan fingerprint density at radius 3 is 2.26 bits per heavy atom. The van der Waals surface area contributed by atoms with Crippen molar-refractivity contribution >= 4 is 18.2 Å². The number of hydrogen-bond donors (Lipinski definition) is 0. The smallest absolute Gasteiger partial charge is 0.350 e. The summed E-state index contributed by atoms with van der Waals surface area (Å²) < 4.78 is 18.8. The summed E-state index contributed by atoms with van der Waals surface area (Å²) >= 11 is 5.37. The number of benzene rings is 2. The zero-order chi connectivity index (χ0) is 25.8. The molecule has 0 saturated heterocycles. The van der Waals surface area contributed by atoms with Gasteiger partial charge in [-0.1, -0.05) is 30.3 Å². The molecule has 3 rings (SSSR count). The Kier molecular flexibility index (Phi) is 8.21. The molecule has 0 aliphatic heterocycles. The minimum atomic E-state index is -1.08. The topological polar surface area (TPSA) is 66.5 Å². The molecule has 0 aliphatic carbocycles. The van der Waals surface area contributed by atoms with Gasteiger partial charge < -0.3 is 13.9 Å². The Morgan fingerprint density at radius 2 is 1.63 bits per heavy atom. The molecule has 0 amide bonds. The van der Waals surface area contributed by atoms with Crippen LogP contribution in [-0.2, 0) is 28.9 Å². The van der Waals surface area contributed by atoms with E-state index < -0.39 is 17.2 Å². The van der Waals surface area contributed by atoms with Gasteiger partial charge in [0.2, 0.25) is 5.89 Å². The number of hydrogen-bond acceptors (Lipinski definition) is 6. The van der Waals surface area contributed by atoms with Gasteiger partial charge >= 0.3 is 5.97 Å². The van der Waals surface area contributed by atoms with Crippen LogP contribution in [0.15, 0.2) is 46.9 Å². The molecule has 0 saturated carbocycles. The summed E-state index contributed by atoms with van der Waals surface area (Å²) in [5, 5.41) is 4.57. The lowest BCUT2D eigenvalue weighted by molar-refractivity contribution is -0.170. The molecule has 0 N–H and O–H groups in total. The maximum Gasteiger partial charge on any atom is 0.350 e. The van der Waals surface area contributed by atoms with Crippen molar-refractivity contribution in [1.82, 2.24) is 9.78 Å². The summed E-state index contributed by atoms with van der Waals surface area (Å²) in [7, 11) is 0. The van der Waals surface area contributed by atoms with Gasteiger partial charge in [0.05, 0.1) is 6.54 Å². The molecule has 0 unspecified atom stereocenters. The fraction of sp³-hybridized carbons (Fsp3) is 0.464. The number of rotatable bonds is 9. The van der Waals surface area contributed by atoms with Crippen molar-refractivity contribution in [3.63, 3.8) is 0 Å². The number of carbonyl (C=O) groups is 1. The number of carbonyl (C=O) groups excluding carboxylic acids is 1. The minimum Gasteiger partial charge on any atom is -0.476 e. The van der Waals surface area contributed by atoms with Crippen molar-refractivity contribution in [3.8, 4) is 5.75 Å². The Balaban J connectivity index is 1.52. The van der Waals surface area contributed by atoms with Crippen LogP contribution < -0.4 is 4.74 Å². The first-order valence-corrected chi connectivity index (χ1v) is 12.4. The summed E-state index contributed by atoms with van der Waals surface area (Å²) in [6, 6.07) is 14.2. The quantitative estimate of drug-likeness (QED) is 0.247. The van der Waals surface area contributed by atoms with E-state index in [1.165, 1.54) is 16.7 Å². The Morgan fingerprint density at radius 1 is 0.971 bits per heavy atom. The van der Waals surface area contributed by atoms with Crippen molar-refractivity contribution in [3.05, 3.63) is 75.4 Å². The molecule has 0 aliphatic rings. The maximum absolute atomic E-state index is 12.4. The van der Waals surface area contributed by atoms with Crippen molar-refractivity contribution in [2.75, 3.05) is 0 Å². The predicted molar refractivity (Wildman–Crippen MR) is 139 cm³/mol. The van der Waals surface area contributed by atoms with Crippen molar-refractivity contribution in [2.24, 2.45) is 0 Å². The third kappa shape index (κ3) is 7.79. The standard InChI is InChI=1S/C28H36N2O4S/c1-19-11-12-22(17-20(19)2)18-30-26(35)32-24(29-30)10-8-9-21-13-15-23(16-14-21)33-28(6,7)25(31)34-27(3,4)5/h11-17H,8-10,18H2,1-7H3. The van der Waals surface area contributed by atoms with Crippen LogP contribution in [-0.4, -0.2) is 27.0 Å². The van der Waals surface area contributed by atoms with Crippen molar-refractivity contribution in [2.45, 2.75) is 85.5 Å². The van der Waals surface area contributed by atoms with Gasteiger partial charge in [-0.15, -0.1) is 5.10 Å². The molecule has 1 heterocycles. The molecule has 1 aromatic heterocycles. The summed E-state index contributed by atoms with van der Waals surface area (Å²) in [5.74, 6) is 0.884. The van der Waals surface area contributed by atoms with E-state index in [9.17, 15) is 4.79 Å². The predicted octanol–water partition coefficient (Wildman–Crippen LogP) is 6.55. The summed E-state index contributed by atoms with van der Waals surface area (Å²) in [6.45, 7) is 13.8. The molecule has 6 nitrogen and oxygen atoms in total. The second-order valence-corrected chi connectivity index (χ2v) is 10.8. The first-order valence-electron chi connectivity index (χ1n) is 12.0. The van der Waals surface area contributed by atoms with Gasteiger partial charge in [0.1, 0.15) is 11.4 Å². The molecular weight excluding hydrogens is 460 g/mol. The fourth-order valence-corrected chi connectivity index (χ4v) is 3.73. The second-order valence-electron chi connectivity index (χ2n) is 10.4. The Bertz CT molecular complexity index is 1220. The molecule has 35 heavy (non-hydrogen) atoms. The lowest BCUT2D eigenvalue weighted by Crippen LogP contribution is -2.43. The van der Waals surface area contributed by atoms with Gasteiger partial charge in [0.25, 0.3) is 4.84 Å². The highest BCUT2D eigenvalue weighted by molar-refractivity contribution is 7.71. The van der Waals surface area contributed by atoms with E-state index >= 15 is 0 Å². The molecule has 3 aromatic rings. The summed E-state index contributed by atoms with van der Waals surface area (Å²) in [4.78, 5) is 12.8. The molecule has 0 fully saturated rings. The highest BCUT2D eigenvalue weighted by atomic mass is 32.1. The minimum absolute atomic E-state index is 0.393. The SMILES string of the molecule is Cc1ccc(Cn2nc(CCCc3ccc(OC(C)(C)C(=O)OC(C)(C)C)cc3)oc2=S)cc1C. The number of esters is 1. The summed E-state index contributed by atoms with van der Waals surface area (Å²) in [5.41, 5.74) is 3.21. The second kappa shape index (κ2) is 10.8. The van der Waals surface area contributed by atoms with Crippen LogP contribution >= 0.6 is 12.2 Å². The van der Waals surface area contributed by atoms with Gasteiger partial charge in [-0.25, -0.2) is 9.48 Å². The van der Waals surface area contributed by atoms with E-state index in [0.717, 1.165) is 18.4 Å². The number of aromatic nitrogens is 2. The van der Waals surface area contributed by atoms with Crippen LogP contribution in [0.5, 0.6) is 5.75 Å². The average Bonchev–Trinajstić information content (AvgIpc) is 3.09. The zero-order valence-corrected chi connectivity index (χ0v) is 22.6. The van der Waals surface area contributed by atoms with Crippen LogP contribution in [0, 0.1) is 18.7 Å². The van der Waals surface area contributed by atoms with E-state index in [1.54, 1.807) is 18.5 Å². The average molecular weight is 497 g/mol. The third-order valence-corrected chi connectivity index (χ3v) is 5.89. The molecule has 0 radical (unpaired) electrons. The Hall–Kier alpha value is -2.93. The van der Waals surface area contributed by atoms with E-state index in [2.05, 4.69) is 37.1 Å². The third-order valence-electron chi connectivity index (χ3n) is 5.59. The number of aryl methyl sites for hydroxylation is 4. The Labute approximate surface area is 213 Å². The van der Waals surface area contributed by atoms with Crippen LogP contribution in [0.3, 0.4) is 0 Å².